The van der Waals surface area contributed by atoms with Crippen LogP contribution in [0.5, 0.6) is 0 Å². The summed E-state index contributed by atoms with van der Waals surface area (Å²) in [4.78, 5) is 0. The molecule has 2 heteroatoms. The monoisotopic (exact) mass is 398 g/mol. The summed E-state index contributed by atoms with van der Waals surface area (Å²) in [6, 6.07) is 0. The number of aliphatic hydroxyl groups is 2. The van der Waals surface area contributed by atoms with Gasteiger partial charge in [0.25, 0.3) is 0 Å². The van der Waals surface area contributed by atoms with Crippen molar-refractivity contribution in [1.82, 2.24) is 0 Å². The molecule has 29 heavy (non-hydrogen) atoms. The van der Waals surface area contributed by atoms with Gasteiger partial charge in [0, 0.05) is 0 Å². The molecule has 0 amide bonds. The summed E-state index contributed by atoms with van der Waals surface area (Å²) in [5.41, 5.74) is 7.05. The molecule has 0 heterocycles. The van der Waals surface area contributed by atoms with Gasteiger partial charge in [-0.25, -0.2) is 0 Å². The summed E-state index contributed by atoms with van der Waals surface area (Å²) in [7, 11) is 0. The molecule has 0 radical (unpaired) electrons. The van der Waals surface area contributed by atoms with E-state index in [1.54, 1.807) is 16.7 Å². The summed E-state index contributed by atoms with van der Waals surface area (Å²) in [6.45, 7) is 12.7. The molecule has 3 fully saturated rings. The van der Waals surface area contributed by atoms with E-state index in [-0.39, 0.29) is 6.10 Å². The quantitative estimate of drug-likeness (QED) is 0.500. The van der Waals surface area contributed by atoms with E-state index in [0.717, 1.165) is 44.1 Å². The Bertz CT molecular complexity index is 715. The Hall–Kier alpha value is -1.12. The van der Waals surface area contributed by atoms with Crippen molar-refractivity contribution >= 4 is 0 Å². The van der Waals surface area contributed by atoms with Gasteiger partial charge >= 0.3 is 0 Å². The van der Waals surface area contributed by atoms with E-state index >= 15 is 0 Å². The fourth-order valence-electron chi connectivity index (χ4n) is 6.05. The standard InChI is InChI=1S/C27H42O2/c1-19(8-6-16-26(3,4)29)23-14-15-24-22(9-7-17-27(23,24)5)13-12-21-11-10-20(2)25(28)18-21/h12-13,24-25,28-29H,2,6-11,14-18H2,1,3-5H3/b21-12-,22-13+,23-19+/t24-,25+,27+/m0/s1. The maximum absolute atomic E-state index is 10.1. The highest BCUT2D eigenvalue weighted by atomic mass is 16.3. The van der Waals surface area contributed by atoms with Gasteiger partial charge in [0.05, 0.1) is 11.7 Å². The lowest BCUT2D eigenvalue weighted by atomic mass is 9.64. The summed E-state index contributed by atoms with van der Waals surface area (Å²) in [6.07, 6.45) is 16.5. The second-order valence-electron chi connectivity index (χ2n) is 10.7. The van der Waals surface area contributed by atoms with E-state index < -0.39 is 5.60 Å². The van der Waals surface area contributed by atoms with Crippen LogP contribution in [0.2, 0.25) is 0 Å². The average Bonchev–Trinajstić information content (AvgIpc) is 2.99. The van der Waals surface area contributed by atoms with Crippen LogP contribution in [-0.2, 0) is 0 Å². The fraction of sp³-hybridized carbons (Fsp3) is 0.704. The summed E-state index contributed by atoms with van der Waals surface area (Å²) in [5.74, 6) is 0.677. The zero-order valence-electron chi connectivity index (χ0n) is 19.2. The Morgan fingerprint density at radius 2 is 1.97 bits per heavy atom. The highest BCUT2D eigenvalue weighted by Gasteiger charge is 2.46. The van der Waals surface area contributed by atoms with Crippen molar-refractivity contribution in [2.45, 2.75) is 110 Å². The van der Waals surface area contributed by atoms with Crippen LogP contribution in [0.15, 0.2) is 46.6 Å². The Morgan fingerprint density at radius 1 is 1.21 bits per heavy atom. The van der Waals surface area contributed by atoms with Crippen LogP contribution in [0.1, 0.15) is 98.3 Å². The normalized spacial score (nSPS) is 35.3. The van der Waals surface area contributed by atoms with Crippen LogP contribution in [0.4, 0.5) is 0 Å². The second-order valence-corrected chi connectivity index (χ2v) is 10.7. The SMILES string of the molecule is C=C1CC/C(=C/C=C2\CCC[C@]3(C)/C(=C(\C)CCCC(C)(C)O)CC[C@@H]23)C[C@H]1O. The molecule has 0 saturated heterocycles. The fourth-order valence-corrected chi connectivity index (χ4v) is 6.05. The minimum atomic E-state index is -0.555. The summed E-state index contributed by atoms with van der Waals surface area (Å²) >= 11 is 0. The number of allylic oxidation sites excluding steroid dienone is 5. The largest absolute Gasteiger partial charge is 0.390 e. The molecule has 0 unspecified atom stereocenters. The predicted molar refractivity (Wildman–Crippen MR) is 123 cm³/mol. The van der Waals surface area contributed by atoms with E-state index in [9.17, 15) is 10.2 Å². The molecule has 0 aromatic heterocycles. The van der Waals surface area contributed by atoms with Crippen molar-refractivity contribution in [2.75, 3.05) is 0 Å². The highest BCUT2D eigenvalue weighted by Crippen LogP contribution is 2.58. The molecule has 3 aliphatic rings. The lowest BCUT2D eigenvalue weighted by molar-refractivity contribution is 0.0689. The zero-order chi connectivity index (χ0) is 21.2. The molecule has 2 N–H and O–H groups in total. The number of rotatable bonds is 5. The van der Waals surface area contributed by atoms with Gasteiger partial charge in [0.1, 0.15) is 0 Å². The predicted octanol–water partition coefficient (Wildman–Crippen LogP) is 6.80. The molecule has 0 aromatic carbocycles. The minimum absolute atomic E-state index is 0.321. The van der Waals surface area contributed by atoms with Gasteiger partial charge in [-0.05, 0) is 108 Å². The first kappa shape index (κ1) is 22.6. The van der Waals surface area contributed by atoms with E-state index in [4.69, 9.17) is 0 Å². The summed E-state index contributed by atoms with van der Waals surface area (Å²) < 4.78 is 0. The number of aliphatic hydroxyl groups excluding tert-OH is 1. The lowest BCUT2D eigenvalue weighted by Gasteiger charge is -2.40. The molecule has 3 atom stereocenters. The number of hydrogen-bond acceptors (Lipinski definition) is 2. The third kappa shape index (κ3) is 5.33. The third-order valence-electron chi connectivity index (χ3n) is 7.83. The molecule has 3 aliphatic carbocycles. The van der Waals surface area contributed by atoms with Gasteiger partial charge in [-0.1, -0.05) is 47.9 Å². The van der Waals surface area contributed by atoms with E-state index in [1.165, 1.54) is 37.7 Å². The number of hydrogen-bond donors (Lipinski definition) is 2. The maximum atomic E-state index is 10.1. The van der Waals surface area contributed by atoms with E-state index in [2.05, 4.69) is 32.6 Å². The van der Waals surface area contributed by atoms with Gasteiger partial charge in [0.2, 0.25) is 0 Å². The molecule has 0 aliphatic heterocycles. The highest BCUT2D eigenvalue weighted by molar-refractivity contribution is 5.35. The van der Waals surface area contributed by atoms with Crippen molar-refractivity contribution < 1.29 is 10.2 Å². The molecule has 0 aromatic rings. The Labute approximate surface area is 178 Å². The molecule has 3 rings (SSSR count). The van der Waals surface area contributed by atoms with Crippen LogP contribution >= 0.6 is 0 Å². The number of fused-ring (bicyclic) bond motifs is 1. The first-order valence-electron chi connectivity index (χ1n) is 11.8. The van der Waals surface area contributed by atoms with Crippen molar-refractivity contribution in [3.8, 4) is 0 Å². The Morgan fingerprint density at radius 3 is 2.66 bits per heavy atom. The molecular formula is C27H42O2. The van der Waals surface area contributed by atoms with Crippen LogP contribution in [0.3, 0.4) is 0 Å². The first-order chi connectivity index (χ1) is 13.6. The van der Waals surface area contributed by atoms with E-state index in [0.29, 0.717) is 11.3 Å². The molecule has 3 saturated carbocycles. The maximum Gasteiger partial charge on any atom is 0.0784 e. The zero-order valence-corrected chi connectivity index (χ0v) is 19.2. The van der Waals surface area contributed by atoms with Crippen LogP contribution < -0.4 is 0 Å². The van der Waals surface area contributed by atoms with Gasteiger partial charge < -0.3 is 10.2 Å². The molecule has 0 bridgehead atoms. The van der Waals surface area contributed by atoms with Gasteiger partial charge in [0.15, 0.2) is 0 Å². The van der Waals surface area contributed by atoms with Crippen LogP contribution in [-0.4, -0.2) is 21.9 Å². The minimum Gasteiger partial charge on any atom is -0.390 e. The average molecular weight is 399 g/mol. The van der Waals surface area contributed by atoms with Gasteiger partial charge in [-0.2, -0.15) is 0 Å². The Balaban J connectivity index is 1.72. The van der Waals surface area contributed by atoms with E-state index in [1.807, 2.05) is 13.8 Å². The van der Waals surface area contributed by atoms with Gasteiger partial charge in [-0.3, -0.25) is 0 Å². The van der Waals surface area contributed by atoms with Crippen molar-refractivity contribution in [1.29, 1.82) is 0 Å². The third-order valence-corrected chi connectivity index (χ3v) is 7.83. The van der Waals surface area contributed by atoms with Crippen molar-refractivity contribution in [3.05, 3.63) is 46.6 Å². The Kier molecular flexibility index (Phi) is 6.95. The molecular weight excluding hydrogens is 356 g/mol. The molecule has 0 spiro atoms. The first-order valence-corrected chi connectivity index (χ1v) is 11.8. The smallest absolute Gasteiger partial charge is 0.0784 e. The topological polar surface area (TPSA) is 40.5 Å². The second kappa shape index (κ2) is 8.94. The van der Waals surface area contributed by atoms with Crippen LogP contribution in [0, 0.1) is 11.3 Å². The molecule has 2 nitrogen and oxygen atoms in total. The van der Waals surface area contributed by atoms with Crippen molar-refractivity contribution in [2.24, 2.45) is 11.3 Å². The van der Waals surface area contributed by atoms with Crippen molar-refractivity contribution in [3.63, 3.8) is 0 Å². The summed E-state index contributed by atoms with van der Waals surface area (Å²) in [5, 5.41) is 20.1. The van der Waals surface area contributed by atoms with Crippen LogP contribution in [0.25, 0.3) is 0 Å². The molecule has 162 valence electrons. The van der Waals surface area contributed by atoms with Gasteiger partial charge in [-0.15, -0.1) is 0 Å². The lowest BCUT2D eigenvalue weighted by Crippen LogP contribution is -2.29.